The highest BCUT2D eigenvalue weighted by atomic mass is 16.5. The Morgan fingerprint density at radius 3 is 2.36 bits per heavy atom. The lowest BCUT2D eigenvalue weighted by molar-refractivity contribution is -0.137. The van der Waals surface area contributed by atoms with Crippen LogP contribution in [0.25, 0.3) is 0 Å². The summed E-state index contributed by atoms with van der Waals surface area (Å²) in [5, 5.41) is 8.08. The van der Waals surface area contributed by atoms with E-state index in [0.717, 1.165) is 6.61 Å². The second-order valence-electron chi connectivity index (χ2n) is 4.03. The van der Waals surface area contributed by atoms with Crippen molar-refractivity contribution in [3.8, 4) is 0 Å². The number of carboxylic acid groups (broad SMARTS) is 1. The third-order valence-electron chi connectivity index (χ3n) is 2.06. The second kappa shape index (κ2) is 7.80. The average Bonchev–Trinajstić information content (AvgIpc) is 2.53. The lowest BCUT2D eigenvalue weighted by Gasteiger charge is -2.01. The molecule has 1 fully saturated rings. The molecule has 0 amide bonds. The van der Waals surface area contributed by atoms with Gasteiger partial charge in [-0.1, -0.05) is 20.8 Å². The van der Waals surface area contributed by atoms with E-state index >= 15 is 0 Å². The van der Waals surface area contributed by atoms with Crippen LogP contribution in [0.2, 0.25) is 0 Å². The number of carboxylic acids is 1. The van der Waals surface area contributed by atoms with Crippen LogP contribution in [0.4, 0.5) is 0 Å². The van der Waals surface area contributed by atoms with Crippen molar-refractivity contribution in [2.45, 2.75) is 52.6 Å². The van der Waals surface area contributed by atoms with Gasteiger partial charge in [-0.3, -0.25) is 4.79 Å². The highest BCUT2D eigenvalue weighted by Gasteiger charge is 2.11. The normalized spacial score (nSPS) is 20.4. The van der Waals surface area contributed by atoms with Crippen LogP contribution in [0, 0.1) is 5.92 Å². The minimum absolute atomic E-state index is 0.275. The van der Waals surface area contributed by atoms with Gasteiger partial charge >= 0.3 is 5.97 Å². The molecule has 1 N–H and O–H groups in total. The van der Waals surface area contributed by atoms with E-state index in [9.17, 15) is 4.79 Å². The lowest BCUT2D eigenvalue weighted by atomic mass is 10.1. The van der Waals surface area contributed by atoms with Gasteiger partial charge in [-0.15, -0.1) is 0 Å². The molecule has 3 heteroatoms. The molecule has 1 saturated heterocycles. The highest BCUT2D eigenvalue weighted by molar-refractivity contribution is 5.66. The quantitative estimate of drug-likeness (QED) is 0.765. The third-order valence-corrected chi connectivity index (χ3v) is 2.06. The lowest BCUT2D eigenvalue weighted by Crippen LogP contribution is -2.00. The summed E-state index contributed by atoms with van der Waals surface area (Å²) < 4.78 is 5.30. The Hall–Kier alpha value is -0.570. The Bertz CT molecular complexity index is 149. The molecule has 1 atom stereocenters. The first kappa shape index (κ1) is 13.4. The molecule has 0 radical (unpaired) electrons. The van der Waals surface area contributed by atoms with Gasteiger partial charge in [0.2, 0.25) is 0 Å². The first-order valence-electron chi connectivity index (χ1n) is 5.39. The van der Waals surface area contributed by atoms with Gasteiger partial charge in [0, 0.05) is 13.0 Å². The van der Waals surface area contributed by atoms with Gasteiger partial charge in [0.15, 0.2) is 0 Å². The maximum absolute atomic E-state index is 9.81. The standard InChI is InChI=1S/C6H12O.C5H10O2/c1-2-6-4-3-5-7-6;1-4(2)3-5(6)7/h6H,2-5H2,1H3;4H,3H2,1-2H3,(H,6,7). The fourth-order valence-corrected chi connectivity index (χ4v) is 1.32. The summed E-state index contributed by atoms with van der Waals surface area (Å²) in [6.45, 7) is 6.94. The van der Waals surface area contributed by atoms with Gasteiger partial charge in [-0.2, -0.15) is 0 Å². The minimum Gasteiger partial charge on any atom is -0.481 e. The van der Waals surface area contributed by atoms with Crippen molar-refractivity contribution in [2.75, 3.05) is 6.61 Å². The molecule has 0 aromatic carbocycles. The van der Waals surface area contributed by atoms with Crippen molar-refractivity contribution in [3.63, 3.8) is 0 Å². The van der Waals surface area contributed by atoms with Crippen LogP contribution in [0.3, 0.4) is 0 Å². The molecule has 1 heterocycles. The van der Waals surface area contributed by atoms with Crippen molar-refractivity contribution in [3.05, 3.63) is 0 Å². The Morgan fingerprint density at radius 1 is 1.57 bits per heavy atom. The monoisotopic (exact) mass is 202 g/mol. The van der Waals surface area contributed by atoms with E-state index in [1.807, 2.05) is 13.8 Å². The van der Waals surface area contributed by atoms with Gasteiger partial charge in [0.25, 0.3) is 0 Å². The fourth-order valence-electron chi connectivity index (χ4n) is 1.32. The maximum Gasteiger partial charge on any atom is 0.303 e. The first-order valence-corrected chi connectivity index (χ1v) is 5.39. The van der Waals surface area contributed by atoms with E-state index in [-0.39, 0.29) is 12.3 Å². The van der Waals surface area contributed by atoms with Gasteiger partial charge in [-0.25, -0.2) is 0 Å². The number of hydrogen-bond donors (Lipinski definition) is 1. The molecule has 84 valence electrons. The van der Waals surface area contributed by atoms with Crippen LogP contribution in [0.15, 0.2) is 0 Å². The molecular formula is C11H22O3. The number of rotatable bonds is 3. The van der Waals surface area contributed by atoms with Crippen LogP contribution in [-0.4, -0.2) is 23.8 Å². The predicted octanol–water partition coefficient (Wildman–Crippen LogP) is 2.69. The van der Waals surface area contributed by atoms with Gasteiger partial charge < -0.3 is 9.84 Å². The number of aliphatic carboxylic acids is 1. The maximum atomic E-state index is 9.81. The van der Waals surface area contributed by atoms with Crippen molar-refractivity contribution in [2.24, 2.45) is 5.92 Å². The van der Waals surface area contributed by atoms with Crippen molar-refractivity contribution in [1.29, 1.82) is 0 Å². The largest absolute Gasteiger partial charge is 0.481 e. The Kier molecular flexibility index (Phi) is 7.48. The van der Waals surface area contributed by atoms with Gasteiger partial charge in [-0.05, 0) is 25.2 Å². The van der Waals surface area contributed by atoms with Crippen molar-refractivity contribution >= 4 is 5.97 Å². The second-order valence-corrected chi connectivity index (χ2v) is 4.03. The summed E-state index contributed by atoms with van der Waals surface area (Å²) >= 11 is 0. The molecule has 0 spiro atoms. The predicted molar refractivity (Wildman–Crippen MR) is 56.4 cm³/mol. The third kappa shape index (κ3) is 8.05. The zero-order chi connectivity index (χ0) is 11.0. The van der Waals surface area contributed by atoms with E-state index in [0.29, 0.717) is 6.10 Å². The summed E-state index contributed by atoms with van der Waals surface area (Å²) in [4.78, 5) is 9.81. The summed E-state index contributed by atoms with van der Waals surface area (Å²) in [6, 6.07) is 0. The van der Waals surface area contributed by atoms with E-state index in [2.05, 4.69) is 6.92 Å². The SMILES string of the molecule is CC(C)CC(=O)O.CCC1CCCO1. The van der Waals surface area contributed by atoms with Crippen LogP contribution < -0.4 is 0 Å². The molecule has 1 aliphatic rings. The number of carbonyl (C=O) groups is 1. The molecule has 0 bridgehead atoms. The fraction of sp³-hybridized carbons (Fsp3) is 0.909. The van der Waals surface area contributed by atoms with E-state index < -0.39 is 5.97 Å². The van der Waals surface area contributed by atoms with Crippen LogP contribution in [0.5, 0.6) is 0 Å². The van der Waals surface area contributed by atoms with E-state index in [1.54, 1.807) is 0 Å². The Labute approximate surface area is 86.5 Å². The molecule has 1 rings (SSSR count). The molecule has 14 heavy (non-hydrogen) atoms. The van der Waals surface area contributed by atoms with Crippen molar-refractivity contribution < 1.29 is 14.6 Å². The number of ether oxygens (including phenoxy) is 1. The van der Waals surface area contributed by atoms with Crippen LogP contribution >= 0.6 is 0 Å². The molecule has 0 saturated carbocycles. The molecule has 1 aliphatic heterocycles. The first-order chi connectivity index (χ1) is 6.56. The highest BCUT2D eigenvalue weighted by Crippen LogP contribution is 2.13. The Morgan fingerprint density at radius 2 is 2.21 bits per heavy atom. The smallest absolute Gasteiger partial charge is 0.303 e. The van der Waals surface area contributed by atoms with Crippen LogP contribution in [0.1, 0.15) is 46.5 Å². The van der Waals surface area contributed by atoms with Gasteiger partial charge in [0.1, 0.15) is 0 Å². The zero-order valence-electron chi connectivity index (χ0n) is 9.45. The molecule has 0 aliphatic carbocycles. The van der Waals surface area contributed by atoms with E-state index in [4.69, 9.17) is 9.84 Å². The molecule has 1 unspecified atom stereocenters. The molecular weight excluding hydrogens is 180 g/mol. The van der Waals surface area contributed by atoms with Crippen LogP contribution in [-0.2, 0) is 9.53 Å². The molecule has 0 aromatic heterocycles. The molecule has 3 nitrogen and oxygen atoms in total. The zero-order valence-corrected chi connectivity index (χ0v) is 9.45. The summed E-state index contributed by atoms with van der Waals surface area (Å²) in [7, 11) is 0. The number of hydrogen-bond acceptors (Lipinski definition) is 2. The van der Waals surface area contributed by atoms with E-state index in [1.165, 1.54) is 19.3 Å². The summed E-state index contributed by atoms with van der Waals surface area (Å²) in [5.74, 6) is -0.438. The van der Waals surface area contributed by atoms with Gasteiger partial charge in [0.05, 0.1) is 6.10 Å². The van der Waals surface area contributed by atoms with Crippen molar-refractivity contribution in [1.82, 2.24) is 0 Å². The summed E-state index contributed by atoms with van der Waals surface area (Å²) in [6.07, 6.45) is 4.63. The molecule has 0 aromatic rings. The summed E-state index contributed by atoms with van der Waals surface area (Å²) in [5.41, 5.74) is 0. The minimum atomic E-state index is -0.713. The average molecular weight is 202 g/mol. The topological polar surface area (TPSA) is 46.5 Å². The Balaban J connectivity index is 0.000000241.